The van der Waals surface area contributed by atoms with Crippen LogP contribution in [0.15, 0.2) is 24.3 Å². The molecule has 0 aliphatic heterocycles. The fraction of sp³-hybridized carbons (Fsp3) is 0.500. The molecule has 0 aromatic rings. The molecule has 0 aromatic carbocycles. The topological polar surface area (TPSA) is 38.0 Å². The number of rotatable bonds is 1. The first kappa shape index (κ1) is 10.7. The molecule has 0 aromatic heterocycles. The molecule has 1 atom stereocenters. The van der Waals surface area contributed by atoms with E-state index in [1.807, 2.05) is 12.2 Å². The zero-order chi connectivity index (χ0) is 7.61. The van der Waals surface area contributed by atoms with E-state index in [1.54, 1.807) is 0 Å². The van der Waals surface area contributed by atoms with Gasteiger partial charge in [0.2, 0.25) is 0 Å². The molecule has 1 unspecified atom stereocenters. The van der Waals surface area contributed by atoms with Gasteiger partial charge in [-0.2, -0.15) is 0 Å². The molecular weight excluding hydrogens is 160 g/mol. The zero-order valence-electron chi connectivity index (χ0n) is 6.87. The lowest BCUT2D eigenvalue weighted by Crippen LogP contribution is -2.44. The standard InChI is InChI=1S/C8H14N2.ClH/c1-8(2)6-4-3-5-7(8)10-9;/h3-7,10H,9H2,1-2H3;1H. The van der Waals surface area contributed by atoms with Gasteiger partial charge in [0.05, 0.1) is 0 Å². The Morgan fingerprint density at radius 3 is 2.36 bits per heavy atom. The lowest BCUT2D eigenvalue weighted by Gasteiger charge is -2.30. The fourth-order valence-electron chi connectivity index (χ4n) is 1.10. The van der Waals surface area contributed by atoms with Gasteiger partial charge in [0.15, 0.2) is 0 Å². The second-order valence-corrected chi connectivity index (χ2v) is 3.21. The number of nitrogens with two attached hydrogens (primary N) is 1. The minimum Gasteiger partial charge on any atom is -0.271 e. The molecule has 1 rings (SSSR count). The van der Waals surface area contributed by atoms with Crippen molar-refractivity contribution in [2.45, 2.75) is 19.9 Å². The summed E-state index contributed by atoms with van der Waals surface area (Å²) in [6, 6.07) is 0.262. The van der Waals surface area contributed by atoms with Gasteiger partial charge in [0.25, 0.3) is 0 Å². The number of hydrogen-bond donors (Lipinski definition) is 2. The highest BCUT2D eigenvalue weighted by atomic mass is 35.5. The predicted octanol–water partition coefficient (Wildman–Crippen LogP) is 1.39. The zero-order valence-corrected chi connectivity index (χ0v) is 7.69. The van der Waals surface area contributed by atoms with E-state index in [0.717, 1.165) is 0 Å². The summed E-state index contributed by atoms with van der Waals surface area (Å²) in [5, 5.41) is 0. The quantitative estimate of drug-likeness (QED) is 0.466. The minimum absolute atomic E-state index is 0. The van der Waals surface area contributed by atoms with Crippen LogP contribution in [-0.2, 0) is 0 Å². The third-order valence-corrected chi connectivity index (χ3v) is 1.92. The summed E-state index contributed by atoms with van der Waals surface area (Å²) in [5.41, 5.74) is 2.90. The molecule has 0 fully saturated rings. The predicted molar refractivity (Wildman–Crippen MR) is 50.4 cm³/mol. The van der Waals surface area contributed by atoms with Crippen molar-refractivity contribution in [3.63, 3.8) is 0 Å². The molecule has 0 bridgehead atoms. The first-order chi connectivity index (χ1) is 4.67. The molecule has 11 heavy (non-hydrogen) atoms. The number of halogens is 1. The van der Waals surface area contributed by atoms with E-state index in [9.17, 15) is 0 Å². The Morgan fingerprint density at radius 1 is 1.36 bits per heavy atom. The van der Waals surface area contributed by atoms with Crippen molar-refractivity contribution in [2.75, 3.05) is 0 Å². The van der Waals surface area contributed by atoms with Crippen LogP contribution in [-0.4, -0.2) is 6.04 Å². The second-order valence-electron chi connectivity index (χ2n) is 3.21. The summed E-state index contributed by atoms with van der Waals surface area (Å²) in [7, 11) is 0. The normalized spacial score (nSPS) is 26.3. The Bertz CT molecular complexity index is 173. The average molecular weight is 175 g/mol. The van der Waals surface area contributed by atoms with E-state index in [4.69, 9.17) is 5.84 Å². The van der Waals surface area contributed by atoms with Gasteiger partial charge in [-0.05, 0) is 0 Å². The maximum absolute atomic E-state index is 5.34. The highest BCUT2D eigenvalue weighted by Crippen LogP contribution is 2.25. The van der Waals surface area contributed by atoms with E-state index in [2.05, 4.69) is 31.4 Å². The third-order valence-electron chi connectivity index (χ3n) is 1.92. The van der Waals surface area contributed by atoms with Crippen molar-refractivity contribution in [3.8, 4) is 0 Å². The van der Waals surface area contributed by atoms with E-state index in [0.29, 0.717) is 0 Å². The van der Waals surface area contributed by atoms with Gasteiger partial charge in [-0.3, -0.25) is 11.3 Å². The molecule has 2 nitrogen and oxygen atoms in total. The van der Waals surface area contributed by atoms with Crippen molar-refractivity contribution in [3.05, 3.63) is 24.3 Å². The number of nitrogens with one attached hydrogen (secondary N) is 1. The van der Waals surface area contributed by atoms with Crippen LogP contribution in [0.25, 0.3) is 0 Å². The summed E-state index contributed by atoms with van der Waals surface area (Å²) in [6.07, 6.45) is 8.28. The van der Waals surface area contributed by atoms with E-state index in [1.165, 1.54) is 0 Å². The van der Waals surface area contributed by atoms with Gasteiger partial charge >= 0.3 is 0 Å². The molecule has 0 radical (unpaired) electrons. The Balaban J connectivity index is 0.000001000. The smallest absolute Gasteiger partial charge is 0.0479 e. The van der Waals surface area contributed by atoms with Crippen molar-refractivity contribution in [1.29, 1.82) is 0 Å². The summed E-state index contributed by atoms with van der Waals surface area (Å²) < 4.78 is 0. The SMILES string of the molecule is CC1(C)C=CC=CC1NN.Cl. The highest BCUT2D eigenvalue weighted by Gasteiger charge is 2.24. The first-order valence-electron chi connectivity index (χ1n) is 3.49. The number of allylic oxidation sites excluding steroid dienone is 2. The summed E-state index contributed by atoms with van der Waals surface area (Å²) in [5.74, 6) is 5.34. The molecule has 1 aliphatic carbocycles. The molecular formula is C8H15ClN2. The van der Waals surface area contributed by atoms with E-state index < -0.39 is 0 Å². The maximum Gasteiger partial charge on any atom is 0.0479 e. The molecule has 1 aliphatic rings. The second kappa shape index (κ2) is 3.90. The van der Waals surface area contributed by atoms with Crippen LogP contribution in [0.1, 0.15) is 13.8 Å². The molecule has 0 saturated heterocycles. The Kier molecular flexibility index (Phi) is 3.79. The van der Waals surface area contributed by atoms with Crippen LogP contribution in [0.3, 0.4) is 0 Å². The molecule has 3 heteroatoms. The molecule has 64 valence electrons. The van der Waals surface area contributed by atoms with Crippen LogP contribution in [0.5, 0.6) is 0 Å². The monoisotopic (exact) mass is 174 g/mol. The van der Waals surface area contributed by atoms with Gasteiger partial charge in [-0.1, -0.05) is 38.2 Å². The Morgan fingerprint density at radius 2 is 2.00 bits per heavy atom. The molecule has 0 amide bonds. The lowest BCUT2D eigenvalue weighted by atomic mass is 9.82. The molecule has 3 N–H and O–H groups in total. The number of hydrazine groups is 1. The van der Waals surface area contributed by atoms with Crippen molar-refractivity contribution in [2.24, 2.45) is 11.3 Å². The van der Waals surface area contributed by atoms with Gasteiger partial charge in [-0.15, -0.1) is 12.4 Å². The van der Waals surface area contributed by atoms with Gasteiger partial charge in [-0.25, -0.2) is 0 Å². The number of hydrogen-bond acceptors (Lipinski definition) is 2. The van der Waals surface area contributed by atoms with Crippen LogP contribution in [0.2, 0.25) is 0 Å². The summed E-state index contributed by atoms with van der Waals surface area (Å²) in [4.78, 5) is 0. The minimum atomic E-state index is 0. The summed E-state index contributed by atoms with van der Waals surface area (Å²) >= 11 is 0. The van der Waals surface area contributed by atoms with Crippen molar-refractivity contribution < 1.29 is 0 Å². The maximum atomic E-state index is 5.34. The lowest BCUT2D eigenvalue weighted by molar-refractivity contribution is 0.361. The van der Waals surface area contributed by atoms with Crippen LogP contribution in [0.4, 0.5) is 0 Å². The van der Waals surface area contributed by atoms with E-state index >= 15 is 0 Å². The molecule has 0 saturated carbocycles. The highest BCUT2D eigenvalue weighted by molar-refractivity contribution is 5.85. The van der Waals surface area contributed by atoms with Gasteiger partial charge < -0.3 is 0 Å². The fourth-order valence-corrected chi connectivity index (χ4v) is 1.10. The van der Waals surface area contributed by atoms with E-state index in [-0.39, 0.29) is 23.9 Å². The van der Waals surface area contributed by atoms with Crippen molar-refractivity contribution in [1.82, 2.24) is 5.43 Å². The Labute approximate surface area is 73.9 Å². The van der Waals surface area contributed by atoms with Gasteiger partial charge in [0, 0.05) is 11.5 Å². The van der Waals surface area contributed by atoms with Crippen LogP contribution in [0, 0.1) is 5.41 Å². The summed E-state index contributed by atoms with van der Waals surface area (Å²) in [6.45, 7) is 4.30. The largest absolute Gasteiger partial charge is 0.271 e. The first-order valence-corrected chi connectivity index (χ1v) is 3.49. The Hall–Kier alpha value is -0.310. The van der Waals surface area contributed by atoms with Crippen LogP contribution < -0.4 is 11.3 Å². The third kappa shape index (κ3) is 2.33. The van der Waals surface area contributed by atoms with Gasteiger partial charge in [0.1, 0.15) is 0 Å². The van der Waals surface area contributed by atoms with Crippen LogP contribution >= 0.6 is 12.4 Å². The van der Waals surface area contributed by atoms with Crippen molar-refractivity contribution >= 4 is 12.4 Å². The average Bonchev–Trinajstić information content (AvgIpc) is 1.87. The molecule has 0 spiro atoms. The molecule has 0 heterocycles.